The van der Waals surface area contributed by atoms with Crippen molar-refractivity contribution >= 4 is 90.3 Å². The van der Waals surface area contributed by atoms with Crippen molar-refractivity contribution in [1.82, 2.24) is 9.80 Å². The molecule has 0 saturated carbocycles. The van der Waals surface area contributed by atoms with Gasteiger partial charge in [0, 0.05) is 21.1 Å². The molecule has 1 aliphatic rings. The number of nitrogens with zero attached hydrogens (tertiary/aromatic N) is 2. The van der Waals surface area contributed by atoms with Crippen molar-refractivity contribution in [3.8, 4) is 0 Å². The van der Waals surface area contributed by atoms with Crippen LogP contribution in [-0.2, 0) is 4.79 Å². The molecule has 7 heteroatoms. The first-order chi connectivity index (χ1) is 6.00. The second-order valence-corrected chi connectivity index (χ2v) is 3.68. The fourth-order valence-electron chi connectivity index (χ4n) is 1.20. The number of amides is 1. The maximum absolute atomic E-state index is 11.6. The summed E-state index contributed by atoms with van der Waals surface area (Å²) in [5, 5.41) is 1.58. The molecule has 76 valence electrons. The van der Waals surface area contributed by atoms with E-state index >= 15 is 0 Å². The van der Waals surface area contributed by atoms with E-state index < -0.39 is 0 Å². The van der Waals surface area contributed by atoms with Gasteiger partial charge in [0.15, 0.2) is 0 Å². The van der Waals surface area contributed by atoms with Crippen LogP contribution in [0.5, 0.6) is 0 Å². The zero-order chi connectivity index (χ0) is 10.2. The van der Waals surface area contributed by atoms with Gasteiger partial charge in [0.05, 0.1) is 10.6 Å². The molecule has 0 atom stereocenters. The Balaban J connectivity index is 0. The molecule has 0 aliphatic carbocycles. The van der Waals surface area contributed by atoms with Gasteiger partial charge in [-0.2, -0.15) is 0 Å². The normalized spacial score (nSPS) is 17.8. The summed E-state index contributed by atoms with van der Waals surface area (Å²) in [6, 6.07) is 0. The summed E-state index contributed by atoms with van der Waals surface area (Å²) >= 11 is 8.31. The molecular weight excluding hydrogens is 250 g/mol. The van der Waals surface area contributed by atoms with Crippen LogP contribution in [-0.4, -0.2) is 96.0 Å². The van der Waals surface area contributed by atoms with Crippen molar-refractivity contribution in [2.45, 2.75) is 0 Å². The Morgan fingerprint density at radius 2 is 1.80 bits per heavy atom. The summed E-state index contributed by atoms with van der Waals surface area (Å²) in [4.78, 5) is 15.6. The average Bonchev–Trinajstić information content (AvgIpc) is 2.24. The molecule has 0 aromatic carbocycles. The molecule has 15 heavy (non-hydrogen) atoms. The minimum atomic E-state index is -0.0460. The Morgan fingerprint density at radius 1 is 1.33 bits per heavy atom. The first-order valence-electron chi connectivity index (χ1n) is 3.74. The van der Waals surface area contributed by atoms with E-state index in [2.05, 4.69) is 25.3 Å². The van der Waals surface area contributed by atoms with Crippen molar-refractivity contribution in [3.63, 3.8) is 0 Å². The summed E-state index contributed by atoms with van der Waals surface area (Å²) in [5.41, 5.74) is 1.34. The van der Waals surface area contributed by atoms with Gasteiger partial charge in [-0.3, -0.25) is 4.79 Å². The van der Waals surface area contributed by atoms with E-state index in [9.17, 15) is 4.79 Å². The van der Waals surface area contributed by atoms with E-state index in [1.807, 2.05) is 14.1 Å². The second kappa shape index (κ2) is 7.71. The topological polar surface area (TPSA) is 23.6 Å². The molecule has 1 aliphatic heterocycles. The third-order valence-corrected chi connectivity index (χ3v) is 2.59. The van der Waals surface area contributed by atoms with Gasteiger partial charge in [-0.15, -0.1) is 25.3 Å². The second-order valence-electron chi connectivity index (χ2n) is 2.97. The summed E-state index contributed by atoms with van der Waals surface area (Å²) in [5.74, 6) is -0.0460. The molecule has 0 saturated heterocycles. The van der Waals surface area contributed by atoms with Crippen LogP contribution in [0.1, 0.15) is 0 Å². The molecule has 1 amide bonds. The Bertz CT molecular complexity index is 316. The van der Waals surface area contributed by atoms with Crippen molar-refractivity contribution in [2.75, 3.05) is 21.1 Å². The Kier molecular flexibility index (Phi) is 9.67. The predicted molar refractivity (Wildman–Crippen MR) is 73.8 cm³/mol. The minimum absolute atomic E-state index is 0. The molecule has 1 heterocycles. The zero-order valence-corrected chi connectivity index (χ0v) is 9.56. The van der Waals surface area contributed by atoms with Crippen LogP contribution in [0.2, 0.25) is 0 Å². The molecular formula is C8H14N2Na2OS2. The van der Waals surface area contributed by atoms with Gasteiger partial charge in [0.2, 0.25) is 0 Å². The summed E-state index contributed by atoms with van der Waals surface area (Å²) < 4.78 is 0. The summed E-state index contributed by atoms with van der Waals surface area (Å²) in [6.07, 6.45) is 0. The van der Waals surface area contributed by atoms with Gasteiger partial charge in [-0.05, 0) is 5.41 Å². The van der Waals surface area contributed by atoms with Crippen LogP contribution >= 0.6 is 25.3 Å². The number of carbonyl (C=O) groups excluding carboxylic acids is 1. The van der Waals surface area contributed by atoms with Gasteiger partial charge < -0.3 is 9.80 Å². The van der Waals surface area contributed by atoms with Crippen LogP contribution in [0.4, 0.5) is 0 Å². The fraction of sp³-hybridized carbons (Fsp3) is 0.375. The third-order valence-electron chi connectivity index (χ3n) is 1.90. The third kappa shape index (κ3) is 3.71. The average molecular weight is 264 g/mol. The standard InChI is InChI=1S/C8H12N2OS2.2Na.2H/c1-9(2)6-7(13)5(4-12)10(3)8(6)11;;;;/h4,12-13H,1-3H3;;;;. The van der Waals surface area contributed by atoms with Crippen molar-refractivity contribution < 1.29 is 4.79 Å². The number of thiol groups is 2. The first-order valence-corrected chi connectivity index (χ1v) is 4.70. The molecule has 0 N–H and O–H groups in total. The van der Waals surface area contributed by atoms with Crippen molar-refractivity contribution in [3.05, 3.63) is 21.7 Å². The van der Waals surface area contributed by atoms with E-state index in [-0.39, 0.29) is 65.0 Å². The Hall–Kier alpha value is 1.45. The Labute approximate surface area is 146 Å². The molecule has 0 spiro atoms. The van der Waals surface area contributed by atoms with E-state index in [0.717, 1.165) is 5.70 Å². The maximum atomic E-state index is 11.6. The van der Waals surface area contributed by atoms with E-state index in [1.165, 1.54) is 4.90 Å². The van der Waals surface area contributed by atoms with E-state index in [0.29, 0.717) is 10.6 Å². The molecule has 0 aromatic rings. The molecule has 0 radical (unpaired) electrons. The molecule has 0 aromatic heterocycles. The number of carbonyl (C=O) groups is 1. The van der Waals surface area contributed by atoms with Crippen LogP contribution < -0.4 is 0 Å². The van der Waals surface area contributed by atoms with Crippen LogP contribution in [0.3, 0.4) is 0 Å². The summed E-state index contributed by atoms with van der Waals surface area (Å²) in [6.45, 7) is 0. The first kappa shape index (κ1) is 18.8. The SMILES string of the molecule is CN(C)C1=C(S)C(=CS)N(C)C1=O.[NaH].[NaH]. The molecule has 0 fully saturated rings. The summed E-state index contributed by atoms with van der Waals surface area (Å²) in [7, 11) is 5.34. The monoisotopic (exact) mass is 264 g/mol. The van der Waals surface area contributed by atoms with Crippen molar-refractivity contribution in [1.29, 1.82) is 0 Å². The number of rotatable bonds is 1. The quantitative estimate of drug-likeness (QED) is 0.499. The molecule has 1 rings (SSSR count). The molecule has 0 unspecified atom stereocenters. The van der Waals surface area contributed by atoms with Gasteiger partial charge >= 0.3 is 59.1 Å². The Morgan fingerprint density at radius 3 is 2.00 bits per heavy atom. The molecule has 0 bridgehead atoms. The van der Waals surface area contributed by atoms with Crippen LogP contribution in [0.25, 0.3) is 0 Å². The zero-order valence-electron chi connectivity index (χ0n) is 7.77. The van der Waals surface area contributed by atoms with E-state index in [4.69, 9.17) is 0 Å². The van der Waals surface area contributed by atoms with E-state index in [1.54, 1.807) is 17.4 Å². The van der Waals surface area contributed by atoms with Gasteiger partial charge in [0.1, 0.15) is 5.70 Å². The number of likely N-dealkylation sites (N-methyl/N-ethyl adjacent to an activating group) is 2. The fourth-order valence-corrected chi connectivity index (χ4v) is 2.11. The number of hydrogen-bond acceptors (Lipinski definition) is 4. The van der Waals surface area contributed by atoms with Gasteiger partial charge in [0.25, 0.3) is 5.91 Å². The van der Waals surface area contributed by atoms with Gasteiger partial charge in [-0.1, -0.05) is 0 Å². The van der Waals surface area contributed by atoms with Crippen LogP contribution in [0, 0.1) is 0 Å². The van der Waals surface area contributed by atoms with Gasteiger partial charge in [-0.25, -0.2) is 0 Å². The number of hydrogen-bond donors (Lipinski definition) is 2. The van der Waals surface area contributed by atoms with Crippen LogP contribution in [0.15, 0.2) is 21.7 Å². The molecule has 3 nitrogen and oxygen atoms in total. The van der Waals surface area contributed by atoms with Crippen molar-refractivity contribution in [2.24, 2.45) is 0 Å². The predicted octanol–water partition coefficient (Wildman–Crippen LogP) is -0.364.